The van der Waals surface area contributed by atoms with E-state index in [0.717, 1.165) is 40.6 Å². The maximum absolute atomic E-state index is 12.0. The summed E-state index contributed by atoms with van der Waals surface area (Å²) in [6.07, 6.45) is 2.08. The number of nitrogens with one attached hydrogen (secondary N) is 2. The summed E-state index contributed by atoms with van der Waals surface area (Å²) in [5, 5.41) is 7.44. The van der Waals surface area contributed by atoms with Crippen molar-refractivity contribution in [2.45, 2.75) is 49.8 Å². The molecule has 1 amide bonds. The molecule has 1 aliphatic rings. The molecule has 110 valence electrons. The fourth-order valence-electron chi connectivity index (χ4n) is 2.14. The lowest BCUT2D eigenvalue weighted by Gasteiger charge is -2.13. The molecule has 0 saturated carbocycles. The van der Waals surface area contributed by atoms with Crippen LogP contribution in [0.4, 0.5) is 5.69 Å². The summed E-state index contributed by atoms with van der Waals surface area (Å²) < 4.78 is 0. The van der Waals surface area contributed by atoms with Crippen molar-refractivity contribution in [2.24, 2.45) is 0 Å². The zero-order chi connectivity index (χ0) is 14.7. The first-order valence-corrected chi connectivity index (χ1v) is 8.36. The molecule has 1 aliphatic heterocycles. The van der Waals surface area contributed by atoms with Crippen LogP contribution in [0.25, 0.3) is 0 Å². The Hall–Kier alpha value is -0.710. The second-order valence-corrected chi connectivity index (χ2v) is 6.97. The minimum atomic E-state index is -0.273. The van der Waals surface area contributed by atoms with Gasteiger partial charge in [0.2, 0.25) is 5.91 Å². The highest BCUT2D eigenvalue weighted by Crippen LogP contribution is 2.40. The van der Waals surface area contributed by atoms with E-state index in [0.29, 0.717) is 5.25 Å². The quantitative estimate of drug-likeness (QED) is 0.773. The van der Waals surface area contributed by atoms with Crippen molar-refractivity contribution in [3.05, 3.63) is 22.7 Å². The standard InChI is InChI=1S/C15H21ClN2OS/c1-4-6-17-14-10-7-11(16)13(20-9(3)5-2)8-12(10)18-15(14)19/h7-9,14,17H,4-6H2,1-3H3,(H,18,19). The molecule has 3 nitrogen and oxygen atoms in total. The average Bonchev–Trinajstić information content (AvgIpc) is 2.72. The van der Waals surface area contributed by atoms with Gasteiger partial charge in [0.25, 0.3) is 0 Å². The smallest absolute Gasteiger partial charge is 0.246 e. The van der Waals surface area contributed by atoms with E-state index in [-0.39, 0.29) is 11.9 Å². The molecule has 2 atom stereocenters. The van der Waals surface area contributed by atoms with Crippen LogP contribution in [0.15, 0.2) is 17.0 Å². The molecule has 20 heavy (non-hydrogen) atoms. The van der Waals surface area contributed by atoms with E-state index < -0.39 is 0 Å². The maximum Gasteiger partial charge on any atom is 0.246 e. The number of halogens is 1. The average molecular weight is 313 g/mol. The molecule has 0 aromatic heterocycles. The van der Waals surface area contributed by atoms with Crippen molar-refractivity contribution in [2.75, 3.05) is 11.9 Å². The molecule has 0 fully saturated rings. The molecule has 0 radical (unpaired) electrons. The van der Waals surface area contributed by atoms with E-state index in [4.69, 9.17) is 11.6 Å². The number of amides is 1. The lowest BCUT2D eigenvalue weighted by molar-refractivity contribution is -0.117. The zero-order valence-corrected chi connectivity index (χ0v) is 13.7. The van der Waals surface area contributed by atoms with Crippen molar-refractivity contribution in [3.8, 4) is 0 Å². The van der Waals surface area contributed by atoms with Gasteiger partial charge in [-0.05, 0) is 31.5 Å². The molecule has 2 unspecified atom stereocenters. The Balaban J connectivity index is 2.25. The Bertz CT molecular complexity index is 507. The number of fused-ring (bicyclic) bond motifs is 1. The van der Waals surface area contributed by atoms with Gasteiger partial charge in [-0.1, -0.05) is 32.4 Å². The van der Waals surface area contributed by atoms with Crippen LogP contribution in [0.2, 0.25) is 5.02 Å². The second-order valence-electron chi connectivity index (χ2n) is 5.08. The predicted molar refractivity (Wildman–Crippen MR) is 86.7 cm³/mol. The Labute approximate surface area is 129 Å². The summed E-state index contributed by atoms with van der Waals surface area (Å²) in [5.74, 6) is 0.00945. The van der Waals surface area contributed by atoms with Gasteiger partial charge in [-0.2, -0.15) is 0 Å². The van der Waals surface area contributed by atoms with Crippen LogP contribution >= 0.6 is 23.4 Å². The van der Waals surface area contributed by atoms with E-state index >= 15 is 0 Å². The van der Waals surface area contributed by atoms with Gasteiger partial charge in [0.05, 0.1) is 5.02 Å². The van der Waals surface area contributed by atoms with Gasteiger partial charge in [0, 0.05) is 21.4 Å². The molecule has 2 N–H and O–H groups in total. The third kappa shape index (κ3) is 3.30. The molecule has 1 heterocycles. The number of carbonyl (C=O) groups excluding carboxylic acids is 1. The van der Waals surface area contributed by atoms with Crippen molar-refractivity contribution in [1.82, 2.24) is 5.32 Å². The molecule has 0 bridgehead atoms. The monoisotopic (exact) mass is 312 g/mol. The van der Waals surface area contributed by atoms with Crippen LogP contribution in [0, 0.1) is 0 Å². The summed E-state index contributed by atoms with van der Waals surface area (Å²) in [5.41, 5.74) is 1.85. The lowest BCUT2D eigenvalue weighted by Crippen LogP contribution is -2.27. The van der Waals surface area contributed by atoms with Crippen LogP contribution < -0.4 is 10.6 Å². The summed E-state index contributed by atoms with van der Waals surface area (Å²) in [4.78, 5) is 13.1. The van der Waals surface area contributed by atoms with E-state index in [2.05, 4.69) is 31.4 Å². The summed E-state index contributed by atoms with van der Waals surface area (Å²) in [6, 6.07) is 3.65. The Morgan fingerprint density at radius 2 is 2.20 bits per heavy atom. The topological polar surface area (TPSA) is 41.1 Å². The SMILES string of the molecule is CCCNC1C(=O)Nc2cc(SC(C)CC)c(Cl)cc21. The van der Waals surface area contributed by atoms with Crippen LogP contribution in [0.1, 0.15) is 45.2 Å². The molecule has 0 spiro atoms. The molecule has 1 aromatic carbocycles. The Morgan fingerprint density at radius 1 is 1.45 bits per heavy atom. The van der Waals surface area contributed by atoms with Gasteiger partial charge in [0.15, 0.2) is 0 Å². The van der Waals surface area contributed by atoms with Crippen molar-refractivity contribution in [3.63, 3.8) is 0 Å². The second kappa shape index (κ2) is 6.83. The van der Waals surface area contributed by atoms with Gasteiger partial charge in [0.1, 0.15) is 6.04 Å². The van der Waals surface area contributed by atoms with Crippen LogP contribution in [0.3, 0.4) is 0 Å². The first kappa shape index (κ1) is 15.7. The number of anilines is 1. The Morgan fingerprint density at radius 3 is 2.85 bits per heavy atom. The fourth-order valence-corrected chi connectivity index (χ4v) is 3.41. The van der Waals surface area contributed by atoms with Gasteiger partial charge in [-0.15, -0.1) is 11.8 Å². The first-order valence-electron chi connectivity index (χ1n) is 7.11. The zero-order valence-electron chi connectivity index (χ0n) is 12.1. The highest BCUT2D eigenvalue weighted by Gasteiger charge is 2.31. The molecular weight excluding hydrogens is 292 g/mol. The van der Waals surface area contributed by atoms with E-state index in [1.165, 1.54) is 0 Å². The minimum Gasteiger partial charge on any atom is -0.324 e. The van der Waals surface area contributed by atoms with Gasteiger partial charge in [-0.3, -0.25) is 4.79 Å². The first-order chi connectivity index (χ1) is 9.56. The number of hydrogen-bond donors (Lipinski definition) is 2. The lowest BCUT2D eigenvalue weighted by atomic mass is 10.1. The predicted octanol–water partition coefficient (Wildman–Crippen LogP) is 4.22. The fraction of sp³-hybridized carbons (Fsp3) is 0.533. The summed E-state index contributed by atoms with van der Waals surface area (Å²) in [6.45, 7) is 7.24. The van der Waals surface area contributed by atoms with Gasteiger partial charge < -0.3 is 10.6 Å². The Kier molecular flexibility index (Phi) is 5.35. The van der Waals surface area contributed by atoms with E-state index in [1.807, 2.05) is 12.1 Å². The van der Waals surface area contributed by atoms with Crippen LogP contribution in [0.5, 0.6) is 0 Å². The van der Waals surface area contributed by atoms with E-state index in [9.17, 15) is 4.79 Å². The van der Waals surface area contributed by atoms with Gasteiger partial charge in [-0.25, -0.2) is 0 Å². The number of benzene rings is 1. The number of hydrogen-bond acceptors (Lipinski definition) is 3. The highest BCUT2D eigenvalue weighted by atomic mass is 35.5. The molecule has 0 aliphatic carbocycles. The minimum absolute atomic E-state index is 0.00945. The van der Waals surface area contributed by atoms with Crippen molar-refractivity contribution >= 4 is 35.0 Å². The van der Waals surface area contributed by atoms with Crippen LogP contribution in [-0.2, 0) is 4.79 Å². The molecule has 2 rings (SSSR count). The van der Waals surface area contributed by atoms with Crippen molar-refractivity contribution in [1.29, 1.82) is 0 Å². The van der Waals surface area contributed by atoms with E-state index in [1.54, 1.807) is 11.8 Å². The summed E-state index contributed by atoms with van der Waals surface area (Å²) in [7, 11) is 0. The number of thioether (sulfide) groups is 1. The number of rotatable bonds is 6. The normalized spacial score (nSPS) is 18.8. The highest BCUT2D eigenvalue weighted by molar-refractivity contribution is 8.00. The summed E-state index contributed by atoms with van der Waals surface area (Å²) >= 11 is 8.12. The number of carbonyl (C=O) groups is 1. The molecular formula is C15H21ClN2OS. The molecule has 0 saturated heterocycles. The van der Waals surface area contributed by atoms with Gasteiger partial charge >= 0.3 is 0 Å². The largest absolute Gasteiger partial charge is 0.324 e. The molecule has 1 aromatic rings. The van der Waals surface area contributed by atoms with Crippen molar-refractivity contribution < 1.29 is 4.79 Å². The third-order valence-electron chi connectivity index (χ3n) is 3.44. The van der Waals surface area contributed by atoms with Crippen LogP contribution in [-0.4, -0.2) is 17.7 Å². The molecule has 5 heteroatoms. The third-order valence-corrected chi connectivity index (χ3v) is 5.19. The maximum atomic E-state index is 12.0.